The van der Waals surface area contributed by atoms with Crippen molar-refractivity contribution in [3.8, 4) is 0 Å². The molecule has 0 aliphatic carbocycles. The Morgan fingerprint density at radius 2 is 1.83 bits per heavy atom. The fourth-order valence-electron chi connectivity index (χ4n) is 4.18. The highest BCUT2D eigenvalue weighted by molar-refractivity contribution is 6.42. The van der Waals surface area contributed by atoms with Gasteiger partial charge in [0, 0.05) is 38.2 Å². The van der Waals surface area contributed by atoms with Crippen LogP contribution in [-0.4, -0.2) is 71.8 Å². The maximum atomic E-state index is 12.8. The highest BCUT2D eigenvalue weighted by Crippen LogP contribution is 2.23. The fourth-order valence-corrected chi connectivity index (χ4v) is 4.48. The third kappa shape index (κ3) is 6.47. The van der Waals surface area contributed by atoms with Crippen LogP contribution < -0.4 is 0 Å². The molecular weight excluding hydrogens is 421 g/mol. The number of hydrogen-bond acceptors (Lipinski definition) is 3. The van der Waals surface area contributed by atoms with Gasteiger partial charge in [0.1, 0.15) is 0 Å². The summed E-state index contributed by atoms with van der Waals surface area (Å²) in [5.41, 5.74) is 0.815. The molecule has 1 unspecified atom stereocenters. The lowest BCUT2D eigenvalue weighted by Gasteiger charge is -2.28. The molecule has 0 saturated carbocycles. The SMILES string of the molecule is CC1CC(=O)N(CCCN2CCCCC2)CCN1C(=O)/C=C/c1ccc(Cl)c(Cl)c1. The molecule has 3 rings (SSSR count). The summed E-state index contributed by atoms with van der Waals surface area (Å²) in [7, 11) is 0. The number of carbonyl (C=O) groups excluding carboxylic acids is 2. The number of hydrogen-bond donors (Lipinski definition) is 0. The molecule has 2 heterocycles. The summed E-state index contributed by atoms with van der Waals surface area (Å²) >= 11 is 12.0. The van der Waals surface area contributed by atoms with E-state index in [4.69, 9.17) is 23.2 Å². The van der Waals surface area contributed by atoms with Gasteiger partial charge >= 0.3 is 0 Å². The Kier molecular flexibility index (Phi) is 8.61. The monoisotopic (exact) mass is 451 g/mol. The Morgan fingerprint density at radius 3 is 2.57 bits per heavy atom. The first-order valence-corrected chi connectivity index (χ1v) is 11.6. The van der Waals surface area contributed by atoms with Gasteiger partial charge in [-0.1, -0.05) is 35.7 Å². The molecule has 2 fully saturated rings. The Bertz CT molecular complexity index is 778. The lowest BCUT2D eigenvalue weighted by atomic mass is 10.1. The molecular formula is C23H31Cl2N3O2. The lowest BCUT2D eigenvalue weighted by molar-refractivity contribution is -0.131. The van der Waals surface area contributed by atoms with Gasteiger partial charge in [-0.15, -0.1) is 0 Å². The predicted molar refractivity (Wildman–Crippen MR) is 123 cm³/mol. The van der Waals surface area contributed by atoms with E-state index in [1.54, 1.807) is 29.2 Å². The smallest absolute Gasteiger partial charge is 0.246 e. The zero-order chi connectivity index (χ0) is 21.5. The van der Waals surface area contributed by atoms with Gasteiger partial charge in [-0.2, -0.15) is 0 Å². The Morgan fingerprint density at radius 1 is 1.07 bits per heavy atom. The summed E-state index contributed by atoms with van der Waals surface area (Å²) in [5, 5.41) is 0.945. The number of likely N-dealkylation sites (tertiary alicyclic amines) is 1. The molecule has 2 aliphatic rings. The second kappa shape index (κ2) is 11.2. The number of amides is 2. The van der Waals surface area contributed by atoms with E-state index in [0.29, 0.717) is 29.6 Å². The van der Waals surface area contributed by atoms with E-state index in [1.807, 2.05) is 17.9 Å². The molecule has 0 bridgehead atoms. The fraction of sp³-hybridized carbons (Fsp3) is 0.565. The zero-order valence-electron chi connectivity index (χ0n) is 17.7. The summed E-state index contributed by atoms with van der Waals surface area (Å²) in [4.78, 5) is 31.6. The van der Waals surface area contributed by atoms with E-state index in [9.17, 15) is 9.59 Å². The van der Waals surface area contributed by atoms with Crippen molar-refractivity contribution in [1.82, 2.24) is 14.7 Å². The molecule has 1 aromatic rings. The van der Waals surface area contributed by atoms with Crippen LogP contribution in [0.4, 0.5) is 0 Å². The predicted octanol–water partition coefficient (Wildman–Crippen LogP) is 4.33. The minimum absolute atomic E-state index is 0.0865. The molecule has 0 radical (unpaired) electrons. The van der Waals surface area contributed by atoms with E-state index in [-0.39, 0.29) is 17.9 Å². The van der Waals surface area contributed by atoms with Crippen molar-refractivity contribution in [3.05, 3.63) is 39.9 Å². The molecule has 0 aromatic heterocycles. The van der Waals surface area contributed by atoms with Crippen molar-refractivity contribution >= 4 is 41.1 Å². The molecule has 2 amide bonds. The van der Waals surface area contributed by atoms with Crippen molar-refractivity contribution in [2.75, 3.05) is 39.3 Å². The van der Waals surface area contributed by atoms with Gasteiger partial charge in [-0.05, 0) is 69.6 Å². The number of piperidine rings is 1. The minimum atomic E-state index is -0.115. The number of halogens is 2. The quantitative estimate of drug-likeness (QED) is 0.604. The molecule has 1 atom stereocenters. The number of benzene rings is 1. The largest absolute Gasteiger partial charge is 0.341 e. The summed E-state index contributed by atoms with van der Waals surface area (Å²) in [6, 6.07) is 5.14. The number of carbonyl (C=O) groups is 2. The van der Waals surface area contributed by atoms with Crippen molar-refractivity contribution < 1.29 is 9.59 Å². The van der Waals surface area contributed by atoms with Gasteiger partial charge in [0.15, 0.2) is 0 Å². The van der Waals surface area contributed by atoms with Crippen molar-refractivity contribution in [2.24, 2.45) is 0 Å². The van der Waals surface area contributed by atoms with Crippen LogP contribution >= 0.6 is 23.2 Å². The first-order valence-electron chi connectivity index (χ1n) is 10.9. The lowest BCUT2D eigenvalue weighted by Crippen LogP contribution is -2.39. The summed E-state index contributed by atoms with van der Waals surface area (Å²) in [5.74, 6) is 0.0569. The van der Waals surface area contributed by atoms with Crippen molar-refractivity contribution in [1.29, 1.82) is 0 Å². The van der Waals surface area contributed by atoms with Gasteiger partial charge in [-0.25, -0.2) is 0 Å². The average Bonchev–Trinajstić information content (AvgIpc) is 2.87. The standard InChI is InChI=1S/C23H31Cl2N3O2/c1-18-16-23(30)27(13-5-12-26-10-3-2-4-11-26)14-15-28(18)22(29)9-7-19-6-8-20(24)21(25)17-19/h6-9,17-18H,2-5,10-16H2,1H3/b9-7+. The van der Waals surface area contributed by atoms with E-state index in [0.717, 1.165) is 25.1 Å². The van der Waals surface area contributed by atoms with E-state index >= 15 is 0 Å². The van der Waals surface area contributed by atoms with Crippen LogP contribution in [0, 0.1) is 0 Å². The first-order chi connectivity index (χ1) is 14.4. The molecule has 7 heteroatoms. The van der Waals surface area contributed by atoms with Crippen LogP contribution in [0.3, 0.4) is 0 Å². The van der Waals surface area contributed by atoms with Crippen molar-refractivity contribution in [3.63, 3.8) is 0 Å². The second-order valence-corrected chi connectivity index (χ2v) is 9.04. The van der Waals surface area contributed by atoms with E-state index in [2.05, 4.69) is 4.90 Å². The van der Waals surface area contributed by atoms with Gasteiger partial charge in [-0.3, -0.25) is 9.59 Å². The summed E-state index contributed by atoms with van der Waals surface area (Å²) in [6.45, 7) is 7.27. The van der Waals surface area contributed by atoms with E-state index in [1.165, 1.54) is 32.4 Å². The van der Waals surface area contributed by atoms with Gasteiger partial charge < -0.3 is 14.7 Å². The van der Waals surface area contributed by atoms with Gasteiger partial charge in [0.2, 0.25) is 11.8 Å². The Hall–Kier alpha value is -1.56. The highest BCUT2D eigenvalue weighted by Gasteiger charge is 2.28. The molecule has 30 heavy (non-hydrogen) atoms. The maximum Gasteiger partial charge on any atom is 0.246 e. The van der Waals surface area contributed by atoms with Crippen LogP contribution in [0.2, 0.25) is 10.0 Å². The zero-order valence-corrected chi connectivity index (χ0v) is 19.2. The van der Waals surface area contributed by atoms with Crippen LogP contribution in [-0.2, 0) is 9.59 Å². The Labute approximate surface area is 189 Å². The normalized spacial score (nSPS) is 21.3. The maximum absolute atomic E-state index is 12.8. The summed E-state index contributed by atoms with van der Waals surface area (Å²) in [6.07, 6.45) is 8.55. The molecule has 2 aliphatic heterocycles. The van der Waals surface area contributed by atoms with Crippen LogP contribution in [0.15, 0.2) is 24.3 Å². The van der Waals surface area contributed by atoms with Gasteiger partial charge in [0.05, 0.1) is 10.0 Å². The van der Waals surface area contributed by atoms with Crippen LogP contribution in [0.25, 0.3) is 6.08 Å². The minimum Gasteiger partial charge on any atom is -0.341 e. The third-order valence-electron chi connectivity index (χ3n) is 5.96. The molecule has 0 spiro atoms. The second-order valence-electron chi connectivity index (χ2n) is 8.23. The topological polar surface area (TPSA) is 43.9 Å². The van der Waals surface area contributed by atoms with Crippen molar-refractivity contribution in [2.45, 2.75) is 45.1 Å². The molecule has 1 aromatic carbocycles. The highest BCUT2D eigenvalue weighted by atomic mass is 35.5. The Balaban J connectivity index is 1.52. The molecule has 0 N–H and O–H groups in total. The molecule has 2 saturated heterocycles. The van der Waals surface area contributed by atoms with Gasteiger partial charge in [0.25, 0.3) is 0 Å². The van der Waals surface area contributed by atoms with Crippen LogP contribution in [0.1, 0.15) is 44.6 Å². The number of rotatable bonds is 6. The first kappa shape index (κ1) is 23.1. The molecule has 5 nitrogen and oxygen atoms in total. The number of nitrogens with zero attached hydrogens (tertiary/aromatic N) is 3. The third-order valence-corrected chi connectivity index (χ3v) is 6.70. The van der Waals surface area contributed by atoms with E-state index < -0.39 is 0 Å². The van der Waals surface area contributed by atoms with Crippen LogP contribution in [0.5, 0.6) is 0 Å². The summed E-state index contributed by atoms with van der Waals surface area (Å²) < 4.78 is 0. The molecule has 164 valence electrons. The average molecular weight is 452 g/mol.